The first-order valence-corrected chi connectivity index (χ1v) is 9.62. The zero-order valence-electron chi connectivity index (χ0n) is 17.1. The monoisotopic (exact) mass is 398 g/mol. The van der Waals surface area contributed by atoms with E-state index >= 15 is 0 Å². The van der Waals surface area contributed by atoms with Gasteiger partial charge in [0, 0.05) is 5.56 Å². The Morgan fingerprint density at radius 2 is 1.70 bits per heavy atom. The van der Waals surface area contributed by atoms with E-state index in [-0.39, 0.29) is 11.3 Å². The fourth-order valence-corrected chi connectivity index (χ4v) is 3.59. The molecule has 0 spiro atoms. The quantitative estimate of drug-likeness (QED) is 0.532. The first kappa shape index (κ1) is 19.5. The number of fused-ring (bicyclic) bond motifs is 1. The van der Waals surface area contributed by atoms with E-state index in [2.05, 4.69) is 6.07 Å². The van der Waals surface area contributed by atoms with Crippen LogP contribution in [0.2, 0.25) is 0 Å². The summed E-state index contributed by atoms with van der Waals surface area (Å²) in [6.45, 7) is 4.00. The molecule has 0 saturated carbocycles. The summed E-state index contributed by atoms with van der Waals surface area (Å²) in [5.74, 6) is 0.901. The molecule has 3 aromatic carbocycles. The minimum absolute atomic E-state index is 0.0392. The van der Waals surface area contributed by atoms with Gasteiger partial charge in [0.2, 0.25) is 0 Å². The van der Waals surface area contributed by atoms with Crippen molar-refractivity contribution in [1.29, 1.82) is 0 Å². The number of phenols is 1. The number of hydrogen-bond donors (Lipinski definition) is 1. The summed E-state index contributed by atoms with van der Waals surface area (Å²) in [6.07, 6.45) is 3.47. The molecule has 4 aromatic rings. The summed E-state index contributed by atoms with van der Waals surface area (Å²) in [5, 5.41) is 10.9. The number of hydrogen-bond acceptors (Lipinski definition) is 4. The zero-order chi connectivity index (χ0) is 21.3. The smallest absolute Gasteiger partial charge is 0.266 e. The highest BCUT2D eigenvalue weighted by molar-refractivity contribution is 5.80. The Morgan fingerprint density at radius 3 is 2.43 bits per heavy atom. The maximum Gasteiger partial charge on any atom is 0.266 e. The van der Waals surface area contributed by atoms with Crippen LogP contribution in [-0.2, 0) is 0 Å². The first-order chi connectivity index (χ1) is 14.5. The van der Waals surface area contributed by atoms with Crippen molar-refractivity contribution >= 4 is 23.1 Å². The van der Waals surface area contributed by atoms with Crippen LogP contribution in [0.25, 0.3) is 28.7 Å². The molecule has 0 radical (unpaired) electrons. The molecule has 4 rings (SSSR count). The average Bonchev–Trinajstić information content (AvgIpc) is 2.72. The molecule has 0 unspecified atom stereocenters. The molecular formula is C25H22N2O3. The Labute approximate surface area is 174 Å². The van der Waals surface area contributed by atoms with E-state index in [1.54, 1.807) is 41.0 Å². The van der Waals surface area contributed by atoms with Crippen molar-refractivity contribution < 1.29 is 9.84 Å². The number of nitrogens with zero attached hydrogens (tertiary/aromatic N) is 2. The van der Waals surface area contributed by atoms with Gasteiger partial charge in [-0.3, -0.25) is 9.36 Å². The van der Waals surface area contributed by atoms with Gasteiger partial charge in [-0.15, -0.1) is 0 Å². The Kier molecular flexibility index (Phi) is 5.11. The standard InChI is InChI=1S/C25H22N2O3/c1-16-13-17(2)15-19(14-16)27-23(26-21-9-5-4-8-20(21)25(27)29)12-11-18-7-6-10-22(30-3)24(18)28/h4-15,28H,1-3H3/b12-11+. The predicted octanol–water partition coefficient (Wildman–Crippen LogP) is 4.89. The summed E-state index contributed by atoms with van der Waals surface area (Å²) in [6, 6.07) is 18.5. The first-order valence-electron chi connectivity index (χ1n) is 9.62. The molecule has 0 atom stereocenters. The van der Waals surface area contributed by atoms with E-state index in [0.29, 0.717) is 28.0 Å². The summed E-state index contributed by atoms with van der Waals surface area (Å²) < 4.78 is 6.79. The summed E-state index contributed by atoms with van der Waals surface area (Å²) in [7, 11) is 1.51. The number of ether oxygens (including phenoxy) is 1. The van der Waals surface area contributed by atoms with Crippen molar-refractivity contribution in [1.82, 2.24) is 9.55 Å². The lowest BCUT2D eigenvalue weighted by Crippen LogP contribution is -2.22. The van der Waals surface area contributed by atoms with Crippen LogP contribution >= 0.6 is 0 Å². The van der Waals surface area contributed by atoms with E-state index in [1.165, 1.54) is 7.11 Å². The van der Waals surface area contributed by atoms with Gasteiger partial charge in [0.25, 0.3) is 5.56 Å². The molecule has 0 aliphatic carbocycles. The number of aromatic nitrogens is 2. The Bertz CT molecular complexity index is 1320. The van der Waals surface area contributed by atoms with Crippen molar-refractivity contribution in [2.45, 2.75) is 13.8 Å². The van der Waals surface area contributed by atoms with Crippen molar-refractivity contribution in [3.63, 3.8) is 0 Å². The molecule has 150 valence electrons. The summed E-state index contributed by atoms with van der Waals surface area (Å²) in [4.78, 5) is 18.1. The van der Waals surface area contributed by atoms with Gasteiger partial charge in [0.1, 0.15) is 5.82 Å². The molecule has 0 saturated heterocycles. The topological polar surface area (TPSA) is 64.3 Å². The number of rotatable bonds is 4. The number of phenolic OH excluding ortho intramolecular Hbond substituents is 1. The van der Waals surface area contributed by atoms with Crippen LogP contribution in [-0.4, -0.2) is 21.8 Å². The van der Waals surface area contributed by atoms with Gasteiger partial charge in [0.05, 0.1) is 23.7 Å². The minimum Gasteiger partial charge on any atom is -0.504 e. The van der Waals surface area contributed by atoms with E-state index in [4.69, 9.17) is 9.72 Å². The molecule has 0 amide bonds. The van der Waals surface area contributed by atoms with Gasteiger partial charge in [-0.2, -0.15) is 0 Å². The van der Waals surface area contributed by atoms with Gasteiger partial charge in [0.15, 0.2) is 11.5 Å². The van der Waals surface area contributed by atoms with E-state index < -0.39 is 0 Å². The van der Waals surface area contributed by atoms with Crippen LogP contribution in [0.1, 0.15) is 22.5 Å². The van der Waals surface area contributed by atoms with Gasteiger partial charge < -0.3 is 9.84 Å². The molecule has 0 aliphatic heterocycles. The molecular weight excluding hydrogens is 376 g/mol. The van der Waals surface area contributed by atoms with E-state index in [1.807, 2.05) is 44.2 Å². The SMILES string of the molecule is COc1cccc(/C=C/c2nc3ccccc3c(=O)n2-c2cc(C)cc(C)c2)c1O. The van der Waals surface area contributed by atoms with Crippen LogP contribution in [0.5, 0.6) is 11.5 Å². The molecule has 5 heteroatoms. The van der Waals surface area contributed by atoms with E-state index in [0.717, 1.165) is 16.8 Å². The lowest BCUT2D eigenvalue weighted by molar-refractivity contribution is 0.373. The second-order valence-corrected chi connectivity index (χ2v) is 7.21. The minimum atomic E-state index is -0.139. The molecule has 0 bridgehead atoms. The normalized spacial score (nSPS) is 11.3. The number of para-hydroxylation sites is 2. The van der Waals surface area contributed by atoms with Crippen molar-refractivity contribution in [2.75, 3.05) is 7.11 Å². The number of benzene rings is 3. The third-order valence-electron chi connectivity index (χ3n) is 4.93. The molecule has 1 N–H and O–H groups in total. The maximum absolute atomic E-state index is 13.4. The fraction of sp³-hybridized carbons (Fsp3) is 0.120. The van der Waals surface area contributed by atoms with Crippen LogP contribution in [0, 0.1) is 13.8 Å². The predicted molar refractivity (Wildman–Crippen MR) is 120 cm³/mol. The van der Waals surface area contributed by atoms with Crippen LogP contribution in [0.3, 0.4) is 0 Å². The zero-order valence-corrected chi connectivity index (χ0v) is 17.1. The highest BCUT2D eigenvalue weighted by Crippen LogP contribution is 2.30. The molecule has 30 heavy (non-hydrogen) atoms. The average molecular weight is 398 g/mol. The van der Waals surface area contributed by atoms with Crippen molar-refractivity contribution in [3.05, 3.63) is 93.5 Å². The third kappa shape index (κ3) is 3.57. The number of aryl methyl sites for hydroxylation is 2. The van der Waals surface area contributed by atoms with Crippen LogP contribution in [0.15, 0.2) is 65.5 Å². The largest absolute Gasteiger partial charge is 0.504 e. The Balaban J connectivity index is 1.96. The fourth-order valence-electron chi connectivity index (χ4n) is 3.59. The molecule has 1 heterocycles. The van der Waals surface area contributed by atoms with Gasteiger partial charge in [-0.25, -0.2) is 4.98 Å². The van der Waals surface area contributed by atoms with Gasteiger partial charge in [-0.05, 0) is 67.5 Å². The highest BCUT2D eigenvalue weighted by atomic mass is 16.5. The summed E-state index contributed by atoms with van der Waals surface area (Å²) in [5.41, 5.74) is 3.93. The Morgan fingerprint density at radius 1 is 0.967 bits per heavy atom. The van der Waals surface area contributed by atoms with Gasteiger partial charge >= 0.3 is 0 Å². The number of methoxy groups -OCH3 is 1. The maximum atomic E-state index is 13.4. The second-order valence-electron chi connectivity index (χ2n) is 7.21. The highest BCUT2D eigenvalue weighted by Gasteiger charge is 2.12. The Hall–Kier alpha value is -3.86. The van der Waals surface area contributed by atoms with Crippen LogP contribution < -0.4 is 10.3 Å². The van der Waals surface area contributed by atoms with Gasteiger partial charge in [-0.1, -0.05) is 30.3 Å². The molecule has 1 aromatic heterocycles. The van der Waals surface area contributed by atoms with Crippen molar-refractivity contribution in [2.24, 2.45) is 0 Å². The molecule has 0 aliphatic rings. The molecule has 5 nitrogen and oxygen atoms in total. The third-order valence-corrected chi connectivity index (χ3v) is 4.93. The van der Waals surface area contributed by atoms with Crippen LogP contribution in [0.4, 0.5) is 0 Å². The van der Waals surface area contributed by atoms with E-state index in [9.17, 15) is 9.90 Å². The second kappa shape index (κ2) is 7.87. The van der Waals surface area contributed by atoms with Crippen molar-refractivity contribution in [3.8, 4) is 17.2 Å². The lowest BCUT2D eigenvalue weighted by atomic mass is 10.1. The molecule has 0 fully saturated rings. The summed E-state index contributed by atoms with van der Waals surface area (Å²) >= 11 is 0. The number of aromatic hydroxyl groups is 1. The lowest BCUT2D eigenvalue weighted by Gasteiger charge is -2.13.